The third-order valence-electron chi connectivity index (χ3n) is 8.20. The molecule has 1 saturated carbocycles. The van der Waals surface area contributed by atoms with Gasteiger partial charge >= 0.3 is 0 Å². The van der Waals surface area contributed by atoms with Gasteiger partial charge in [-0.3, -0.25) is 13.9 Å². The van der Waals surface area contributed by atoms with Crippen LogP contribution in [0.4, 0.5) is 5.69 Å². The quantitative estimate of drug-likeness (QED) is 0.294. The van der Waals surface area contributed by atoms with Crippen LogP contribution in [0.25, 0.3) is 0 Å². The van der Waals surface area contributed by atoms with Crippen molar-refractivity contribution in [2.75, 3.05) is 10.8 Å². The second kappa shape index (κ2) is 14.0. The number of hydrogen-bond donors (Lipinski definition) is 1. The van der Waals surface area contributed by atoms with Crippen molar-refractivity contribution in [3.63, 3.8) is 0 Å². The Kier molecular flexibility index (Phi) is 10.4. The lowest BCUT2D eigenvalue weighted by molar-refractivity contribution is -0.140. The second-order valence-corrected chi connectivity index (χ2v) is 13.2. The molecule has 7 nitrogen and oxygen atoms in total. The van der Waals surface area contributed by atoms with Gasteiger partial charge in [0.15, 0.2) is 0 Å². The predicted molar refractivity (Wildman–Crippen MR) is 168 cm³/mol. The summed E-state index contributed by atoms with van der Waals surface area (Å²) in [5.41, 5.74) is 4.32. The Morgan fingerprint density at radius 2 is 1.55 bits per heavy atom. The fourth-order valence-electron chi connectivity index (χ4n) is 5.48. The van der Waals surface area contributed by atoms with E-state index in [-0.39, 0.29) is 23.4 Å². The summed E-state index contributed by atoms with van der Waals surface area (Å²) in [6.45, 7) is 7.53. The lowest BCUT2D eigenvalue weighted by atomic mass is 9.95. The minimum absolute atomic E-state index is 0.0992. The summed E-state index contributed by atoms with van der Waals surface area (Å²) in [6, 6.07) is 20.7. The van der Waals surface area contributed by atoms with Gasteiger partial charge in [-0.15, -0.1) is 0 Å². The molecule has 8 heteroatoms. The number of nitrogens with zero attached hydrogens (tertiary/aromatic N) is 2. The van der Waals surface area contributed by atoms with Crippen LogP contribution in [0, 0.1) is 20.8 Å². The number of aryl methyl sites for hydroxylation is 3. The van der Waals surface area contributed by atoms with Crippen molar-refractivity contribution < 1.29 is 18.0 Å². The molecule has 3 aromatic rings. The molecule has 0 unspecified atom stereocenters. The van der Waals surface area contributed by atoms with E-state index in [1.807, 2.05) is 58.0 Å². The maximum atomic E-state index is 14.3. The van der Waals surface area contributed by atoms with Gasteiger partial charge in [0.25, 0.3) is 10.0 Å². The van der Waals surface area contributed by atoms with Crippen molar-refractivity contribution >= 4 is 27.5 Å². The van der Waals surface area contributed by atoms with Gasteiger partial charge in [0.2, 0.25) is 11.8 Å². The number of carbonyl (C=O) groups excluding carboxylic acids is 2. The zero-order valence-electron chi connectivity index (χ0n) is 25.2. The summed E-state index contributed by atoms with van der Waals surface area (Å²) in [6.07, 6.45) is 5.61. The number of anilines is 1. The van der Waals surface area contributed by atoms with Crippen molar-refractivity contribution in [3.05, 3.63) is 95.1 Å². The molecule has 0 heterocycles. The first-order valence-corrected chi connectivity index (χ1v) is 16.3. The van der Waals surface area contributed by atoms with Crippen molar-refractivity contribution in [1.82, 2.24) is 10.2 Å². The SMILES string of the molecule is CC[C@H](C(=O)NC1CCCCC1)N(Cc1ccc(C)cc1)C(=O)CN(c1ccc(C)c(C)c1)S(=O)(=O)c1ccccc1. The summed E-state index contributed by atoms with van der Waals surface area (Å²) in [4.78, 5) is 29.6. The summed E-state index contributed by atoms with van der Waals surface area (Å²) < 4.78 is 29.2. The molecular formula is C34H43N3O4S. The van der Waals surface area contributed by atoms with Gasteiger partial charge in [-0.2, -0.15) is 0 Å². The van der Waals surface area contributed by atoms with Crippen molar-refractivity contribution in [2.24, 2.45) is 0 Å². The van der Waals surface area contributed by atoms with E-state index >= 15 is 0 Å². The highest BCUT2D eigenvalue weighted by molar-refractivity contribution is 7.92. The Morgan fingerprint density at radius 1 is 0.881 bits per heavy atom. The average Bonchev–Trinajstić information content (AvgIpc) is 2.99. The number of amides is 2. The molecule has 0 aliphatic heterocycles. The molecule has 0 bridgehead atoms. The highest BCUT2D eigenvalue weighted by Gasteiger charge is 2.34. The third-order valence-corrected chi connectivity index (χ3v) is 9.99. The van der Waals surface area contributed by atoms with Crippen molar-refractivity contribution in [2.45, 2.75) is 89.7 Å². The van der Waals surface area contributed by atoms with E-state index in [4.69, 9.17) is 0 Å². The van der Waals surface area contributed by atoms with E-state index in [2.05, 4.69) is 5.32 Å². The van der Waals surface area contributed by atoms with Gasteiger partial charge in [-0.1, -0.05) is 80.3 Å². The molecule has 0 spiro atoms. The molecule has 1 aliphatic rings. The van der Waals surface area contributed by atoms with E-state index in [1.165, 1.54) is 22.9 Å². The number of nitrogens with one attached hydrogen (secondary N) is 1. The highest BCUT2D eigenvalue weighted by Crippen LogP contribution is 2.27. The van der Waals surface area contributed by atoms with Crippen LogP contribution in [0.1, 0.15) is 67.7 Å². The maximum Gasteiger partial charge on any atom is 0.264 e. The number of sulfonamides is 1. The Morgan fingerprint density at radius 3 is 2.17 bits per heavy atom. The monoisotopic (exact) mass is 589 g/mol. The van der Waals surface area contributed by atoms with Gasteiger partial charge in [-0.05, 0) is 81.0 Å². The predicted octanol–water partition coefficient (Wildman–Crippen LogP) is 6.06. The van der Waals surface area contributed by atoms with E-state index < -0.39 is 28.5 Å². The minimum atomic E-state index is -4.08. The molecule has 1 N–H and O–H groups in total. The molecule has 1 fully saturated rings. The fraction of sp³-hybridized carbons (Fsp3) is 0.412. The molecule has 2 amide bonds. The zero-order valence-corrected chi connectivity index (χ0v) is 26.0. The average molecular weight is 590 g/mol. The van der Waals surface area contributed by atoms with Crippen LogP contribution in [0.3, 0.4) is 0 Å². The first-order chi connectivity index (χ1) is 20.1. The van der Waals surface area contributed by atoms with Crippen LogP contribution >= 0.6 is 0 Å². The summed E-state index contributed by atoms with van der Waals surface area (Å²) in [5, 5.41) is 3.19. The molecule has 1 aliphatic carbocycles. The first kappa shape index (κ1) is 31.3. The number of benzene rings is 3. The van der Waals surface area contributed by atoms with E-state index in [1.54, 1.807) is 35.2 Å². The maximum absolute atomic E-state index is 14.3. The van der Waals surface area contributed by atoms with Gasteiger partial charge in [0, 0.05) is 12.6 Å². The van der Waals surface area contributed by atoms with Crippen molar-refractivity contribution in [1.29, 1.82) is 0 Å². The number of hydrogen-bond acceptors (Lipinski definition) is 4. The van der Waals surface area contributed by atoms with Crippen LogP contribution in [0.2, 0.25) is 0 Å². The lowest BCUT2D eigenvalue weighted by Gasteiger charge is -2.34. The smallest absolute Gasteiger partial charge is 0.264 e. The minimum Gasteiger partial charge on any atom is -0.352 e. The van der Waals surface area contributed by atoms with Gasteiger partial charge < -0.3 is 10.2 Å². The summed E-state index contributed by atoms with van der Waals surface area (Å²) >= 11 is 0. The molecule has 0 saturated heterocycles. The van der Waals surface area contributed by atoms with E-state index in [0.29, 0.717) is 12.1 Å². The second-order valence-electron chi connectivity index (χ2n) is 11.4. The molecule has 1 atom stereocenters. The molecule has 224 valence electrons. The van der Waals surface area contributed by atoms with Gasteiger partial charge in [0.1, 0.15) is 12.6 Å². The van der Waals surface area contributed by atoms with Crippen LogP contribution in [0.15, 0.2) is 77.7 Å². The molecule has 4 rings (SSSR count). The Balaban J connectivity index is 1.71. The summed E-state index contributed by atoms with van der Waals surface area (Å²) in [7, 11) is -4.08. The number of rotatable bonds is 11. The van der Waals surface area contributed by atoms with Crippen LogP contribution in [0.5, 0.6) is 0 Å². The van der Waals surface area contributed by atoms with Gasteiger partial charge in [0.05, 0.1) is 10.6 Å². The van der Waals surface area contributed by atoms with Crippen LogP contribution in [-0.4, -0.2) is 43.8 Å². The topological polar surface area (TPSA) is 86.8 Å². The first-order valence-electron chi connectivity index (χ1n) is 14.9. The standard InChI is InChI=1S/C34H43N3O4S/c1-5-32(34(39)35-29-12-8-6-9-13-29)36(23-28-19-16-25(2)17-20-28)33(38)24-37(30-21-18-26(3)27(4)22-30)42(40,41)31-14-10-7-11-15-31/h7,10-11,14-22,29,32H,5-6,8-9,12-13,23-24H2,1-4H3,(H,35,39)/t32-/m1/s1. The normalized spacial score (nSPS) is 14.7. The zero-order chi connectivity index (χ0) is 30.3. The van der Waals surface area contributed by atoms with E-state index in [0.717, 1.165) is 47.9 Å². The third kappa shape index (κ3) is 7.59. The molecule has 0 radical (unpaired) electrons. The molecule has 3 aromatic carbocycles. The molecular weight excluding hydrogens is 546 g/mol. The Hall–Kier alpha value is -3.65. The number of carbonyl (C=O) groups is 2. The fourth-order valence-corrected chi connectivity index (χ4v) is 6.91. The van der Waals surface area contributed by atoms with Crippen LogP contribution < -0.4 is 9.62 Å². The lowest BCUT2D eigenvalue weighted by Crippen LogP contribution is -2.54. The Bertz CT molecular complexity index is 1470. The van der Waals surface area contributed by atoms with Crippen molar-refractivity contribution in [3.8, 4) is 0 Å². The van der Waals surface area contributed by atoms with E-state index in [9.17, 15) is 18.0 Å². The molecule has 0 aromatic heterocycles. The molecule has 42 heavy (non-hydrogen) atoms. The Labute approximate surface area is 251 Å². The summed E-state index contributed by atoms with van der Waals surface area (Å²) in [5.74, 6) is -0.618. The largest absolute Gasteiger partial charge is 0.352 e. The van der Waals surface area contributed by atoms with Crippen LogP contribution in [-0.2, 0) is 26.2 Å². The highest BCUT2D eigenvalue weighted by atomic mass is 32.2. The van der Waals surface area contributed by atoms with Gasteiger partial charge in [-0.25, -0.2) is 8.42 Å².